The second-order valence-electron chi connectivity index (χ2n) is 4.39. The van der Waals surface area contributed by atoms with Crippen molar-refractivity contribution in [1.29, 1.82) is 0 Å². The van der Waals surface area contributed by atoms with Gasteiger partial charge in [-0.05, 0) is 37.3 Å². The van der Waals surface area contributed by atoms with Crippen LogP contribution in [0.1, 0.15) is 21.7 Å². The molecule has 2 aromatic rings. The largest absolute Gasteiger partial charge is 0.387 e. The van der Waals surface area contributed by atoms with Crippen LogP contribution in [0.3, 0.4) is 0 Å². The van der Waals surface area contributed by atoms with Gasteiger partial charge in [0.15, 0.2) is 0 Å². The standard InChI is InChI=1S/C15H16ClN3O/c1-10-4-3-5-12(19-10)9-18-15(20)13-8-11(16)6-7-14(13)17-2/h3-8,17H,9H2,1-2H3,(H,18,20). The number of nitrogens with one attached hydrogen (secondary N) is 2. The van der Waals surface area contributed by atoms with Crippen LogP contribution in [-0.2, 0) is 6.54 Å². The third-order valence-corrected chi connectivity index (χ3v) is 3.11. The van der Waals surface area contributed by atoms with Gasteiger partial charge in [0.05, 0.1) is 17.8 Å². The molecular weight excluding hydrogens is 274 g/mol. The second kappa shape index (κ2) is 6.39. The molecule has 1 heterocycles. The van der Waals surface area contributed by atoms with Gasteiger partial charge >= 0.3 is 0 Å². The molecule has 0 saturated carbocycles. The Morgan fingerprint density at radius 2 is 2.10 bits per heavy atom. The maximum Gasteiger partial charge on any atom is 0.253 e. The summed E-state index contributed by atoms with van der Waals surface area (Å²) >= 11 is 5.94. The van der Waals surface area contributed by atoms with Gasteiger partial charge < -0.3 is 10.6 Å². The fourth-order valence-corrected chi connectivity index (χ4v) is 2.06. The number of hydrogen-bond donors (Lipinski definition) is 2. The average molecular weight is 290 g/mol. The van der Waals surface area contributed by atoms with Crippen LogP contribution in [0.15, 0.2) is 36.4 Å². The molecule has 0 aliphatic rings. The zero-order valence-corrected chi connectivity index (χ0v) is 12.2. The lowest BCUT2D eigenvalue weighted by Crippen LogP contribution is -2.24. The first-order valence-corrected chi connectivity index (χ1v) is 6.66. The van der Waals surface area contributed by atoms with Crippen molar-refractivity contribution >= 4 is 23.2 Å². The molecule has 0 atom stereocenters. The van der Waals surface area contributed by atoms with E-state index in [1.165, 1.54) is 0 Å². The highest BCUT2D eigenvalue weighted by atomic mass is 35.5. The van der Waals surface area contributed by atoms with Crippen LogP contribution in [0.5, 0.6) is 0 Å². The molecule has 0 radical (unpaired) electrons. The summed E-state index contributed by atoms with van der Waals surface area (Å²) in [5.74, 6) is -0.180. The molecule has 2 N–H and O–H groups in total. The van der Waals surface area contributed by atoms with Crippen LogP contribution in [0, 0.1) is 6.92 Å². The average Bonchev–Trinajstić information content (AvgIpc) is 2.45. The van der Waals surface area contributed by atoms with Gasteiger partial charge in [-0.2, -0.15) is 0 Å². The molecule has 0 aliphatic carbocycles. The summed E-state index contributed by atoms with van der Waals surface area (Å²) in [7, 11) is 1.77. The number of carbonyl (C=O) groups excluding carboxylic acids is 1. The van der Waals surface area contributed by atoms with Gasteiger partial charge in [-0.3, -0.25) is 9.78 Å². The Kier molecular flexibility index (Phi) is 4.58. The molecule has 0 fully saturated rings. The van der Waals surface area contributed by atoms with E-state index in [1.807, 2.05) is 25.1 Å². The first-order chi connectivity index (χ1) is 9.60. The van der Waals surface area contributed by atoms with Crippen molar-refractivity contribution in [3.8, 4) is 0 Å². The zero-order valence-electron chi connectivity index (χ0n) is 11.4. The number of aryl methyl sites for hydroxylation is 1. The summed E-state index contributed by atoms with van der Waals surface area (Å²) in [5.41, 5.74) is 3.01. The third kappa shape index (κ3) is 3.48. The predicted octanol–water partition coefficient (Wildman–Crippen LogP) is 3.02. The van der Waals surface area contributed by atoms with Crippen LogP contribution < -0.4 is 10.6 Å². The molecule has 20 heavy (non-hydrogen) atoms. The molecule has 0 unspecified atom stereocenters. The summed E-state index contributed by atoms with van der Waals surface area (Å²) in [6, 6.07) is 10.9. The fraction of sp³-hybridized carbons (Fsp3) is 0.200. The summed E-state index contributed by atoms with van der Waals surface area (Å²) in [6.07, 6.45) is 0. The van der Waals surface area contributed by atoms with Crippen molar-refractivity contribution < 1.29 is 4.79 Å². The third-order valence-electron chi connectivity index (χ3n) is 2.87. The van der Waals surface area contributed by atoms with E-state index in [4.69, 9.17) is 11.6 Å². The van der Waals surface area contributed by atoms with E-state index >= 15 is 0 Å². The highest BCUT2D eigenvalue weighted by Crippen LogP contribution is 2.20. The van der Waals surface area contributed by atoms with Crippen LogP contribution >= 0.6 is 11.6 Å². The molecule has 2 rings (SSSR count). The lowest BCUT2D eigenvalue weighted by atomic mass is 10.1. The SMILES string of the molecule is CNc1ccc(Cl)cc1C(=O)NCc1cccc(C)n1. The summed E-state index contributed by atoms with van der Waals surface area (Å²) in [4.78, 5) is 16.5. The lowest BCUT2D eigenvalue weighted by Gasteiger charge is -2.10. The van der Waals surface area contributed by atoms with E-state index in [2.05, 4.69) is 15.6 Å². The molecule has 0 bridgehead atoms. The Morgan fingerprint density at radius 3 is 2.80 bits per heavy atom. The van der Waals surface area contributed by atoms with Crippen molar-refractivity contribution in [3.05, 3.63) is 58.4 Å². The van der Waals surface area contributed by atoms with E-state index in [0.29, 0.717) is 17.1 Å². The molecule has 0 spiro atoms. The lowest BCUT2D eigenvalue weighted by molar-refractivity contribution is 0.0951. The number of benzene rings is 1. The highest BCUT2D eigenvalue weighted by Gasteiger charge is 2.11. The number of amides is 1. The number of carbonyl (C=O) groups is 1. The van der Waals surface area contributed by atoms with Crippen molar-refractivity contribution in [2.75, 3.05) is 12.4 Å². The minimum atomic E-state index is -0.180. The summed E-state index contributed by atoms with van der Waals surface area (Å²) in [6.45, 7) is 2.30. The minimum Gasteiger partial charge on any atom is -0.387 e. The second-order valence-corrected chi connectivity index (χ2v) is 4.83. The predicted molar refractivity (Wildman–Crippen MR) is 81.1 cm³/mol. The Balaban J connectivity index is 2.10. The van der Waals surface area contributed by atoms with Gasteiger partial charge in [0, 0.05) is 23.5 Å². The van der Waals surface area contributed by atoms with Crippen LogP contribution in [0.2, 0.25) is 5.02 Å². The molecule has 1 aromatic carbocycles. The van der Waals surface area contributed by atoms with Crippen molar-refractivity contribution in [2.45, 2.75) is 13.5 Å². The number of nitrogens with zero attached hydrogens (tertiary/aromatic N) is 1. The molecule has 104 valence electrons. The van der Waals surface area contributed by atoms with Gasteiger partial charge in [-0.25, -0.2) is 0 Å². The number of halogens is 1. The normalized spacial score (nSPS) is 10.2. The molecule has 5 heteroatoms. The highest BCUT2D eigenvalue weighted by molar-refractivity contribution is 6.31. The summed E-state index contributed by atoms with van der Waals surface area (Å²) < 4.78 is 0. The first-order valence-electron chi connectivity index (χ1n) is 6.28. The van der Waals surface area contributed by atoms with Gasteiger partial charge in [-0.1, -0.05) is 17.7 Å². The van der Waals surface area contributed by atoms with Crippen LogP contribution in [0.25, 0.3) is 0 Å². The maximum absolute atomic E-state index is 12.2. The number of hydrogen-bond acceptors (Lipinski definition) is 3. The Bertz CT molecular complexity index is 628. The Hall–Kier alpha value is -2.07. The van der Waals surface area contributed by atoms with E-state index in [-0.39, 0.29) is 5.91 Å². The number of pyridine rings is 1. The van der Waals surface area contributed by atoms with Crippen molar-refractivity contribution in [3.63, 3.8) is 0 Å². The molecule has 0 saturated heterocycles. The van der Waals surface area contributed by atoms with E-state index < -0.39 is 0 Å². The van der Waals surface area contributed by atoms with Gasteiger partial charge in [0.2, 0.25) is 0 Å². The molecule has 4 nitrogen and oxygen atoms in total. The Labute approximate surface area is 123 Å². The molecule has 1 aromatic heterocycles. The summed E-state index contributed by atoms with van der Waals surface area (Å²) in [5, 5.41) is 6.35. The smallest absolute Gasteiger partial charge is 0.253 e. The molecular formula is C15H16ClN3O. The van der Waals surface area contributed by atoms with E-state index in [9.17, 15) is 4.79 Å². The van der Waals surface area contributed by atoms with Gasteiger partial charge in [-0.15, -0.1) is 0 Å². The van der Waals surface area contributed by atoms with E-state index in [1.54, 1.807) is 25.2 Å². The van der Waals surface area contributed by atoms with E-state index in [0.717, 1.165) is 17.1 Å². The first kappa shape index (κ1) is 14.3. The topological polar surface area (TPSA) is 54.0 Å². The number of aromatic nitrogens is 1. The fourth-order valence-electron chi connectivity index (χ4n) is 1.89. The Morgan fingerprint density at radius 1 is 1.30 bits per heavy atom. The number of rotatable bonds is 4. The maximum atomic E-state index is 12.2. The van der Waals surface area contributed by atoms with Crippen LogP contribution in [0.4, 0.5) is 5.69 Å². The minimum absolute atomic E-state index is 0.180. The van der Waals surface area contributed by atoms with Gasteiger partial charge in [0.1, 0.15) is 0 Å². The number of anilines is 1. The van der Waals surface area contributed by atoms with Gasteiger partial charge in [0.25, 0.3) is 5.91 Å². The molecule has 1 amide bonds. The zero-order chi connectivity index (χ0) is 14.5. The molecule has 0 aliphatic heterocycles. The van der Waals surface area contributed by atoms with Crippen molar-refractivity contribution in [1.82, 2.24) is 10.3 Å². The monoisotopic (exact) mass is 289 g/mol. The van der Waals surface area contributed by atoms with Crippen molar-refractivity contribution in [2.24, 2.45) is 0 Å². The quantitative estimate of drug-likeness (QED) is 0.910. The van der Waals surface area contributed by atoms with Crippen LogP contribution in [-0.4, -0.2) is 17.9 Å².